The van der Waals surface area contributed by atoms with Crippen LogP contribution in [0.3, 0.4) is 0 Å². The van der Waals surface area contributed by atoms with Crippen LogP contribution in [0.5, 0.6) is 0 Å². The molecule has 0 spiro atoms. The summed E-state index contributed by atoms with van der Waals surface area (Å²) in [5, 5.41) is 2.95. The Bertz CT molecular complexity index is 373. The first-order chi connectivity index (χ1) is 8.06. The van der Waals surface area contributed by atoms with Crippen molar-refractivity contribution < 1.29 is 8.85 Å². The summed E-state index contributed by atoms with van der Waals surface area (Å²) in [5.41, 5.74) is 1.17. The maximum Gasteiger partial charge on any atom is 0.221 e. The molecule has 0 saturated carbocycles. The average Bonchev–Trinajstić information content (AvgIpc) is 2.50. The van der Waals surface area contributed by atoms with Crippen molar-refractivity contribution in [2.45, 2.75) is 32.6 Å². The highest BCUT2D eigenvalue weighted by Gasteiger charge is 2.52. The highest BCUT2D eigenvalue weighted by molar-refractivity contribution is 7.10. The summed E-state index contributed by atoms with van der Waals surface area (Å²) in [6.45, 7) is 10.5. The van der Waals surface area contributed by atoms with Gasteiger partial charge in [0.2, 0.25) is 16.6 Å². The predicted octanol–water partition coefficient (Wildman–Crippen LogP) is 1.88. The Labute approximate surface area is 106 Å². The van der Waals surface area contributed by atoms with Crippen LogP contribution in [0.4, 0.5) is 0 Å². The highest BCUT2D eigenvalue weighted by Crippen LogP contribution is 2.27. The first-order valence-electron chi connectivity index (χ1n) is 6.43. The van der Waals surface area contributed by atoms with E-state index in [4.69, 9.17) is 8.85 Å². The van der Waals surface area contributed by atoms with Gasteiger partial charge in [0, 0.05) is 13.2 Å². The summed E-state index contributed by atoms with van der Waals surface area (Å²) in [4.78, 5) is 0. The number of rotatable bonds is 4. The zero-order valence-corrected chi connectivity index (χ0v) is 13.2. The fraction of sp³-hybridized carbons (Fsp3) is 0.538. The summed E-state index contributed by atoms with van der Waals surface area (Å²) in [6, 6.07) is 8.79. The standard InChI is InChI=1S/C13H22O2Si2/c1-5-14-16(3)11-17(4,15-6-2)13-10-8-7-9-12(13)16/h7-10H,5-6,11H2,1-4H3. The third-order valence-electron chi connectivity index (χ3n) is 3.67. The molecule has 2 rings (SSSR count). The monoisotopic (exact) mass is 266 g/mol. The van der Waals surface area contributed by atoms with E-state index >= 15 is 0 Å². The molecule has 2 unspecified atom stereocenters. The van der Waals surface area contributed by atoms with Crippen molar-refractivity contribution >= 4 is 27.0 Å². The largest absolute Gasteiger partial charge is 0.413 e. The molecule has 0 radical (unpaired) electrons. The Morgan fingerprint density at radius 3 is 1.71 bits per heavy atom. The summed E-state index contributed by atoms with van der Waals surface area (Å²) in [5.74, 6) is 0. The van der Waals surface area contributed by atoms with Crippen molar-refractivity contribution in [2.75, 3.05) is 13.2 Å². The molecule has 1 aliphatic rings. The first kappa shape index (κ1) is 13.0. The second-order valence-electron chi connectivity index (χ2n) is 5.05. The van der Waals surface area contributed by atoms with E-state index < -0.39 is 16.6 Å². The van der Waals surface area contributed by atoms with E-state index in [-0.39, 0.29) is 0 Å². The van der Waals surface area contributed by atoms with Gasteiger partial charge in [0.25, 0.3) is 0 Å². The molecule has 1 aromatic rings. The Kier molecular flexibility index (Phi) is 3.59. The minimum atomic E-state index is -1.74. The van der Waals surface area contributed by atoms with Gasteiger partial charge in [-0.2, -0.15) is 0 Å². The lowest BCUT2D eigenvalue weighted by molar-refractivity contribution is 0.324. The molecule has 0 aliphatic carbocycles. The first-order valence-corrected chi connectivity index (χ1v) is 11.7. The van der Waals surface area contributed by atoms with Crippen molar-refractivity contribution in [2.24, 2.45) is 0 Å². The zero-order valence-electron chi connectivity index (χ0n) is 11.2. The van der Waals surface area contributed by atoms with Gasteiger partial charge in [0.15, 0.2) is 0 Å². The third kappa shape index (κ3) is 2.15. The number of hydrogen-bond donors (Lipinski definition) is 0. The molecule has 1 aromatic carbocycles. The molecule has 1 heterocycles. The minimum absolute atomic E-state index is 0.813. The van der Waals surface area contributed by atoms with Crippen molar-refractivity contribution in [3.63, 3.8) is 0 Å². The van der Waals surface area contributed by atoms with Crippen molar-refractivity contribution in [3.8, 4) is 0 Å². The summed E-state index contributed by atoms with van der Waals surface area (Å²) in [7, 11) is -3.49. The molecule has 0 bridgehead atoms. The lowest BCUT2D eigenvalue weighted by Gasteiger charge is -2.26. The molecule has 0 amide bonds. The third-order valence-corrected chi connectivity index (χ3v) is 14.3. The Morgan fingerprint density at radius 2 is 1.35 bits per heavy atom. The Balaban J connectivity index is 2.46. The second kappa shape index (κ2) is 4.68. The fourth-order valence-electron chi connectivity index (χ4n) is 3.13. The number of benzene rings is 1. The van der Waals surface area contributed by atoms with E-state index in [1.807, 2.05) is 0 Å². The lowest BCUT2D eigenvalue weighted by atomic mass is 10.4. The van der Waals surface area contributed by atoms with Crippen LogP contribution >= 0.6 is 0 Å². The van der Waals surface area contributed by atoms with Gasteiger partial charge in [-0.1, -0.05) is 24.3 Å². The summed E-state index contributed by atoms with van der Waals surface area (Å²) in [6.07, 6.45) is 0. The van der Waals surface area contributed by atoms with E-state index in [1.54, 1.807) is 0 Å². The quantitative estimate of drug-likeness (QED) is 0.775. The van der Waals surface area contributed by atoms with Crippen LogP contribution in [-0.4, -0.2) is 29.8 Å². The van der Waals surface area contributed by atoms with Crippen LogP contribution < -0.4 is 10.4 Å². The number of hydrogen-bond acceptors (Lipinski definition) is 2. The van der Waals surface area contributed by atoms with Gasteiger partial charge in [-0.3, -0.25) is 0 Å². The van der Waals surface area contributed by atoms with Crippen molar-refractivity contribution in [3.05, 3.63) is 24.3 Å². The maximum absolute atomic E-state index is 6.15. The molecule has 2 atom stereocenters. The van der Waals surface area contributed by atoms with Gasteiger partial charge in [-0.05, 0) is 43.0 Å². The Hall–Kier alpha value is -0.426. The van der Waals surface area contributed by atoms with Gasteiger partial charge in [0.1, 0.15) is 0 Å². The molecular weight excluding hydrogens is 244 g/mol. The van der Waals surface area contributed by atoms with Gasteiger partial charge < -0.3 is 8.85 Å². The molecule has 4 heteroatoms. The van der Waals surface area contributed by atoms with Crippen LogP contribution in [0.1, 0.15) is 13.8 Å². The molecule has 0 fully saturated rings. The van der Waals surface area contributed by atoms with E-state index in [9.17, 15) is 0 Å². The lowest BCUT2D eigenvalue weighted by Crippen LogP contribution is -2.48. The van der Waals surface area contributed by atoms with E-state index in [0.717, 1.165) is 13.2 Å². The molecule has 2 nitrogen and oxygen atoms in total. The van der Waals surface area contributed by atoms with Gasteiger partial charge in [0.05, 0.1) is 0 Å². The second-order valence-corrected chi connectivity index (χ2v) is 13.0. The molecule has 17 heavy (non-hydrogen) atoms. The normalized spacial score (nSPS) is 31.5. The Morgan fingerprint density at radius 1 is 0.941 bits per heavy atom. The summed E-state index contributed by atoms with van der Waals surface area (Å²) < 4.78 is 12.3. The summed E-state index contributed by atoms with van der Waals surface area (Å²) >= 11 is 0. The van der Waals surface area contributed by atoms with Crippen LogP contribution in [-0.2, 0) is 8.85 Å². The van der Waals surface area contributed by atoms with E-state index in [0.29, 0.717) is 0 Å². The van der Waals surface area contributed by atoms with Crippen LogP contribution in [0.15, 0.2) is 24.3 Å². The molecule has 0 saturated heterocycles. The predicted molar refractivity (Wildman–Crippen MR) is 77.0 cm³/mol. The van der Waals surface area contributed by atoms with Crippen LogP contribution in [0, 0.1) is 0 Å². The van der Waals surface area contributed by atoms with Gasteiger partial charge in [-0.15, -0.1) is 0 Å². The zero-order chi connectivity index (χ0) is 12.5. The smallest absolute Gasteiger partial charge is 0.221 e. The molecule has 0 aromatic heterocycles. The van der Waals surface area contributed by atoms with Gasteiger partial charge in [-0.25, -0.2) is 0 Å². The van der Waals surface area contributed by atoms with E-state index in [1.165, 1.54) is 16.0 Å². The van der Waals surface area contributed by atoms with Gasteiger partial charge >= 0.3 is 0 Å². The average molecular weight is 266 g/mol. The van der Waals surface area contributed by atoms with Crippen molar-refractivity contribution in [1.82, 2.24) is 0 Å². The number of fused-ring (bicyclic) bond motifs is 1. The molecule has 0 N–H and O–H groups in total. The molecular formula is C13H22O2Si2. The minimum Gasteiger partial charge on any atom is -0.413 e. The maximum atomic E-state index is 6.15. The molecule has 94 valence electrons. The van der Waals surface area contributed by atoms with E-state index in [2.05, 4.69) is 51.2 Å². The SMILES string of the molecule is CCO[Si]1(C)C[Si](C)(OCC)c2ccccc21. The van der Waals surface area contributed by atoms with Crippen molar-refractivity contribution in [1.29, 1.82) is 0 Å². The highest BCUT2D eigenvalue weighted by atomic mass is 28.4. The molecule has 1 aliphatic heterocycles. The fourth-order valence-corrected chi connectivity index (χ4v) is 16.0. The van der Waals surface area contributed by atoms with Crippen LogP contribution in [0.2, 0.25) is 18.8 Å². The topological polar surface area (TPSA) is 18.5 Å². The van der Waals surface area contributed by atoms with Crippen LogP contribution in [0.25, 0.3) is 0 Å².